The van der Waals surface area contributed by atoms with Crippen molar-refractivity contribution in [2.75, 3.05) is 58.4 Å². The highest BCUT2D eigenvalue weighted by Gasteiger charge is 2.31. The van der Waals surface area contributed by atoms with Crippen LogP contribution in [0.1, 0.15) is 31.2 Å². The maximum absolute atomic E-state index is 13.5. The fraction of sp³-hybridized carbons (Fsp3) is 0.583. The van der Waals surface area contributed by atoms with Crippen molar-refractivity contribution in [2.45, 2.75) is 32.2 Å². The number of ether oxygens (including phenoxy) is 1. The van der Waals surface area contributed by atoms with Gasteiger partial charge in [0, 0.05) is 51.3 Å². The zero-order chi connectivity index (χ0) is 22.5. The van der Waals surface area contributed by atoms with Crippen molar-refractivity contribution >= 4 is 11.8 Å². The largest absolute Gasteiger partial charge is 0.383 e. The quantitative estimate of drug-likeness (QED) is 0.622. The number of benzene rings is 1. The van der Waals surface area contributed by atoms with Gasteiger partial charge in [-0.2, -0.15) is 0 Å². The fourth-order valence-electron chi connectivity index (χ4n) is 4.63. The van der Waals surface area contributed by atoms with E-state index in [1.54, 1.807) is 19.2 Å². The molecular weight excluding hydrogens is 411 g/mol. The molecule has 0 N–H and O–H groups in total. The molecule has 0 bridgehead atoms. The molecule has 1 aromatic heterocycles. The lowest BCUT2D eigenvalue weighted by atomic mass is 10.0. The van der Waals surface area contributed by atoms with Crippen LogP contribution >= 0.6 is 0 Å². The average Bonchev–Trinajstić information content (AvgIpc) is 3.48. The molecule has 2 aliphatic rings. The molecule has 2 fully saturated rings. The Morgan fingerprint density at radius 3 is 2.53 bits per heavy atom. The molecule has 7 nitrogen and oxygen atoms in total. The van der Waals surface area contributed by atoms with Gasteiger partial charge in [-0.05, 0) is 44.2 Å². The molecule has 4 rings (SSSR count). The number of likely N-dealkylation sites (N-methyl/N-ethyl adjacent to an activating group) is 1. The molecule has 1 saturated carbocycles. The van der Waals surface area contributed by atoms with E-state index >= 15 is 0 Å². The Balaban J connectivity index is 1.67. The Morgan fingerprint density at radius 1 is 1.19 bits per heavy atom. The Labute approximate surface area is 189 Å². The number of amides is 1. The second kappa shape index (κ2) is 10.4. The lowest BCUT2D eigenvalue weighted by Crippen LogP contribution is -2.45. The summed E-state index contributed by atoms with van der Waals surface area (Å²) in [6, 6.07) is 6.27. The van der Waals surface area contributed by atoms with E-state index in [9.17, 15) is 9.18 Å². The van der Waals surface area contributed by atoms with Gasteiger partial charge in [-0.1, -0.05) is 18.0 Å². The van der Waals surface area contributed by atoms with Gasteiger partial charge in [-0.25, -0.2) is 4.39 Å². The molecule has 0 radical (unpaired) electrons. The van der Waals surface area contributed by atoms with E-state index in [0.29, 0.717) is 31.3 Å². The molecule has 2 aromatic rings. The summed E-state index contributed by atoms with van der Waals surface area (Å²) < 4.78 is 24.7. The van der Waals surface area contributed by atoms with Crippen LogP contribution in [0.3, 0.4) is 0 Å². The Kier molecular flexibility index (Phi) is 7.42. The van der Waals surface area contributed by atoms with Crippen LogP contribution in [0.4, 0.5) is 10.3 Å². The highest BCUT2D eigenvalue weighted by molar-refractivity contribution is 5.80. The van der Waals surface area contributed by atoms with Crippen molar-refractivity contribution in [1.82, 2.24) is 15.0 Å². The highest BCUT2D eigenvalue weighted by atomic mass is 19.1. The number of aromatic nitrogens is 1. The molecule has 174 valence electrons. The van der Waals surface area contributed by atoms with Gasteiger partial charge in [0.1, 0.15) is 11.5 Å². The number of hydrogen-bond donors (Lipinski definition) is 0. The van der Waals surface area contributed by atoms with Crippen molar-refractivity contribution in [1.29, 1.82) is 0 Å². The Morgan fingerprint density at radius 2 is 1.88 bits per heavy atom. The summed E-state index contributed by atoms with van der Waals surface area (Å²) in [4.78, 5) is 19.7. The number of anilines is 1. The van der Waals surface area contributed by atoms with Gasteiger partial charge in [0.15, 0.2) is 0 Å². The van der Waals surface area contributed by atoms with E-state index in [0.717, 1.165) is 63.0 Å². The third-order valence-electron chi connectivity index (χ3n) is 6.61. The van der Waals surface area contributed by atoms with E-state index in [4.69, 9.17) is 9.26 Å². The summed E-state index contributed by atoms with van der Waals surface area (Å²) in [7, 11) is 3.76. The van der Waals surface area contributed by atoms with Crippen LogP contribution in [0.15, 0.2) is 28.8 Å². The molecule has 0 spiro atoms. The van der Waals surface area contributed by atoms with Gasteiger partial charge >= 0.3 is 0 Å². The Hall–Kier alpha value is -2.45. The lowest BCUT2D eigenvalue weighted by Gasteiger charge is -2.33. The van der Waals surface area contributed by atoms with Crippen molar-refractivity contribution in [2.24, 2.45) is 5.92 Å². The van der Waals surface area contributed by atoms with Crippen LogP contribution in [0, 0.1) is 11.7 Å². The molecule has 8 heteroatoms. The van der Waals surface area contributed by atoms with Crippen molar-refractivity contribution in [3.63, 3.8) is 0 Å². The summed E-state index contributed by atoms with van der Waals surface area (Å²) in [5, 5.41) is 4.38. The van der Waals surface area contributed by atoms with E-state index in [2.05, 4.69) is 22.0 Å². The summed E-state index contributed by atoms with van der Waals surface area (Å²) in [6.07, 6.45) is 4.11. The van der Waals surface area contributed by atoms with Gasteiger partial charge in [-0.15, -0.1) is 0 Å². The monoisotopic (exact) mass is 444 g/mol. The zero-order valence-corrected chi connectivity index (χ0v) is 19.1. The van der Waals surface area contributed by atoms with Crippen LogP contribution in [-0.2, 0) is 16.1 Å². The molecular formula is C24H33FN4O3. The summed E-state index contributed by atoms with van der Waals surface area (Å²) >= 11 is 0. The van der Waals surface area contributed by atoms with Gasteiger partial charge in [0.05, 0.1) is 18.7 Å². The number of carbonyl (C=O) groups excluding carboxylic acids is 1. The molecule has 1 saturated heterocycles. The second-order valence-electron chi connectivity index (χ2n) is 8.85. The number of nitrogens with zero attached hydrogens (tertiary/aromatic N) is 4. The second-order valence-corrected chi connectivity index (χ2v) is 8.85. The van der Waals surface area contributed by atoms with E-state index in [-0.39, 0.29) is 17.6 Å². The predicted octanol–water partition coefficient (Wildman–Crippen LogP) is 3.40. The zero-order valence-electron chi connectivity index (χ0n) is 19.1. The van der Waals surface area contributed by atoms with Crippen molar-refractivity contribution < 1.29 is 18.4 Å². The minimum absolute atomic E-state index is 0.0769. The Bertz CT molecular complexity index is 887. The molecule has 1 aliphatic carbocycles. The molecule has 2 heterocycles. The average molecular weight is 445 g/mol. The van der Waals surface area contributed by atoms with Gasteiger partial charge in [-0.3, -0.25) is 4.79 Å². The number of hydrogen-bond acceptors (Lipinski definition) is 6. The summed E-state index contributed by atoms with van der Waals surface area (Å²) in [5.74, 6) is 0.665. The number of rotatable bonds is 8. The molecule has 1 amide bonds. The van der Waals surface area contributed by atoms with Crippen LogP contribution < -0.4 is 4.90 Å². The maximum Gasteiger partial charge on any atom is 0.232 e. The first-order valence-electron chi connectivity index (χ1n) is 11.5. The molecule has 1 aliphatic heterocycles. The standard InChI is InChI=1S/C24H33FN4O3/c1-27-11-13-28(14-12-27)24-21(22(26-32-24)18-7-9-20(25)10-8-18)17-29(15-16-31-2)23(30)19-5-3-4-6-19/h7-10,19H,3-6,11-17H2,1-2H3. The van der Waals surface area contributed by atoms with E-state index < -0.39 is 0 Å². The van der Waals surface area contributed by atoms with E-state index in [1.165, 1.54) is 12.1 Å². The van der Waals surface area contributed by atoms with Crippen molar-refractivity contribution in [3.05, 3.63) is 35.6 Å². The number of halogens is 1. The predicted molar refractivity (Wildman–Crippen MR) is 121 cm³/mol. The molecule has 32 heavy (non-hydrogen) atoms. The van der Waals surface area contributed by atoms with Gasteiger partial charge < -0.3 is 24.0 Å². The van der Waals surface area contributed by atoms with Crippen LogP contribution in [0.5, 0.6) is 0 Å². The first-order chi connectivity index (χ1) is 15.6. The first-order valence-corrected chi connectivity index (χ1v) is 11.5. The topological polar surface area (TPSA) is 62.1 Å². The van der Waals surface area contributed by atoms with Gasteiger partial charge in [0.25, 0.3) is 0 Å². The van der Waals surface area contributed by atoms with Crippen LogP contribution in [0.25, 0.3) is 11.3 Å². The number of methoxy groups -OCH3 is 1. The van der Waals surface area contributed by atoms with Crippen LogP contribution in [-0.4, -0.2) is 74.4 Å². The highest BCUT2D eigenvalue weighted by Crippen LogP contribution is 2.34. The molecule has 1 aromatic carbocycles. The molecule has 0 atom stereocenters. The smallest absolute Gasteiger partial charge is 0.232 e. The minimum atomic E-state index is -0.295. The maximum atomic E-state index is 13.5. The summed E-state index contributed by atoms with van der Waals surface area (Å²) in [5.41, 5.74) is 2.33. The normalized spacial score (nSPS) is 17.8. The third kappa shape index (κ3) is 5.13. The summed E-state index contributed by atoms with van der Waals surface area (Å²) in [6.45, 7) is 4.91. The lowest BCUT2D eigenvalue weighted by molar-refractivity contribution is -0.136. The first kappa shape index (κ1) is 22.7. The van der Waals surface area contributed by atoms with E-state index in [1.807, 2.05) is 4.90 Å². The van der Waals surface area contributed by atoms with Gasteiger partial charge in [0.2, 0.25) is 11.8 Å². The number of piperazine rings is 1. The fourth-order valence-corrected chi connectivity index (χ4v) is 4.63. The number of carbonyl (C=O) groups is 1. The minimum Gasteiger partial charge on any atom is -0.383 e. The van der Waals surface area contributed by atoms with Crippen molar-refractivity contribution in [3.8, 4) is 11.3 Å². The molecule has 0 unspecified atom stereocenters. The SMILES string of the molecule is COCCN(Cc1c(-c2ccc(F)cc2)noc1N1CCN(C)CC1)C(=O)C1CCCC1. The van der Waals surface area contributed by atoms with Crippen LogP contribution in [0.2, 0.25) is 0 Å². The third-order valence-corrected chi connectivity index (χ3v) is 6.61.